The van der Waals surface area contributed by atoms with Crippen LogP contribution in [0.4, 0.5) is 0 Å². The molecule has 6 heteroatoms. The second kappa shape index (κ2) is 7.45. The minimum Gasteiger partial charge on any atom is -0.374 e. The molecule has 2 aliphatic rings. The van der Waals surface area contributed by atoms with Crippen molar-refractivity contribution in [3.8, 4) is 0 Å². The minimum atomic E-state index is 0.182. The van der Waals surface area contributed by atoms with Crippen molar-refractivity contribution in [1.82, 2.24) is 20.0 Å². The van der Waals surface area contributed by atoms with E-state index in [0.717, 1.165) is 19.4 Å². The van der Waals surface area contributed by atoms with E-state index in [-0.39, 0.29) is 30.1 Å². The maximum absolute atomic E-state index is 12.7. The molecule has 0 spiro atoms. The molecular formula is C17H28N4O2. The number of nitrogens with one attached hydrogen (secondary N) is 1. The number of rotatable bonds is 5. The summed E-state index contributed by atoms with van der Waals surface area (Å²) in [6.07, 6.45) is 8.59. The molecule has 0 aromatic carbocycles. The summed E-state index contributed by atoms with van der Waals surface area (Å²) in [7, 11) is 0. The van der Waals surface area contributed by atoms with Gasteiger partial charge in [-0.05, 0) is 32.8 Å². The highest BCUT2D eigenvalue weighted by molar-refractivity contribution is 5.78. The van der Waals surface area contributed by atoms with Crippen LogP contribution in [0.15, 0.2) is 18.5 Å². The van der Waals surface area contributed by atoms with E-state index < -0.39 is 0 Å². The van der Waals surface area contributed by atoms with Crippen molar-refractivity contribution in [1.29, 1.82) is 0 Å². The number of amides is 1. The first-order valence-electron chi connectivity index (χ1n) is 8.80. The van der Waals surface area contributed by atoms with Gasteiger partial charge in [-0.2, -0.15) is 5.10 Å². The lowest BCUT2D eigenvalue weighted by Crippen LogP contribution is -2.57. The topological polar surface area (TPSA) is 59.4 Å². The van der Waals surface area contributed by atoms with Crippen molar-refractivity contribution in [2.75, 3.05) is 19.7 Å². The van der Waals surface area contributed by atoms with Gasteiger partial charge in [0.05, 0.1) is 31.3 Å². The number of ether oxygens (including phenoxy) is 1. The van der Waals surface area contributed by atoms with Gasteiger partial charge in [-0.1, -0.05) is 12.8 Å². The van der Waals surface area contributed by atoms with Crippen LogP contribution in [0.2, 0.25) is 0 Å². The predicted octanol–water partition coefficient (Wildman–Crippen LogP) is 1.59. The Morgan fingerprint density at radius 2 is 2.22 bits per heavy atom. The van der Waals surface area contributed by atoms with Crippen molar-refractivity contribution < 1.29 is 9.53 Å². The molecule has 23 heavy (non-hydrogen) atoms. The minimum absolute atomic E-state index is 0.182. The third-order valence-corrected chi connectivity index (χ3v) is 5.29. The molecule has 1 aliphatic carbocycles. The third-order valence-electron chi connectivity index (χ3n) is 5.29. The number of aromatic nitrogens is 2. The molecule has 1 aromatic rings. The lowest BCUT2D eigenvalue weighted by Gasteiger charge is -2.44. The molecule has 1 aromatic heterocycles. The number of nitrogens with zero attached hydrogens (tertiary/aromatic N) is 3. The fourth-order valence-corrected chi connectivity index (χ4v) is 3.68. The molecular weight excluding hydrogens is 292 g/mol. The molecule has 3 rings (SSSR count). The van der Waals surface area contributed by atoms with Crippen LogP contribution in [0, 0.1) is 0 Å². The maximum Gasteiger partial charge on any atom is 0.236 e. The molecule has 128 valence electrons. The van der Waals surface area contributed by atoms with Crippen molar-refractivity contribution in [3.63, 3.8) is 0 Å². The summed E-state index contributed by atoms with van der Waals surface area (Å²) in [6.45, 7) is 6.00. The first kappa shape index (κ1) is 16.5. The van der Waals surface area contributed by atoms with Crippen LogP contribution >= 0.6 is 0 Å². The highest BCUT2D eigenvalue weighted by atomic mass is 16.5. The predicted molar refractivity (Wildman–Crippen MR) is 88.1 cm³/mol. The number of fused-ring (bicyclic) bond motifs is 1. The van der Waals surface area contributed by atoms with E-state index >= 15 is 0 Å². The van der Waals surface area contributed by atoms with Gasteiger partial charge < -0.3 is 15.0 Å². The Kier molecular flexibility index (Phi) is 5.33. The Balaban J connectivity index is 1.52. The summed E-state index contributed by atoms with van der Waals surface area (Å²) in [5, 5.41) is 7.64. The average Bonchev–Trinajstić information content (AvgIpc) is 3.12. The highest BCUT2D eigenvalue weighted by Gasteiger charge is 2.36. The van der Waals surface area contributed by atoms with Crippen LogP contribution in [-0.2, 0) is 9.53 Å². The summed E-state index contributed by atoms with van der Waals surface area (Å²) in [5.74, 6) is 0.199. The molecule has 1 saturated carbocycles. The number of hydrogen-bond acceptors (Lipinski definition) is 4. The van der Waals surface area contributed by atoms with E-state index in [2.05, 4.69) is 24.3 Å². The van der Waals surface area contributed by atoms with Crippen molar-refractivity contribution in [2.45, 2.75) is 63.8 Å². The summed E-state index contributed by atoms with van der Waals surface area (Å²) in [6, 6.07) is 2.60. The van der Waals surface area contributed by atoms with Gasteiger partial charge in [0, 0.05) is 25.0 Å². The van der Waals surface area contributed by atoms with Crippen molar-refractivity contribution in [2.24, 2.45) is 0 Å². The van der Waals surface area contributed by atoms with Gasteiger partial charge in [0.2, 0.25) is 5.91 Å². The van der Waals surface area contributed by atoms with Crippen LogP contribution in [0.3, 0.4) is 0 Å². The van der Waals surface area contributed by atoms with Crippen molar-refractivity contribution in [3.05, 3.63) is 18.5 Å². The SMILES string of the molecule is C[C@H](NCC(=O)N1CCO[C@@H]2CCCC[C@H]21)[C@H](C)n1cccn1. The molecule has 1 aliphatic heterocycles. The third kappa shape index (κ3) is 3.75. The Morgan fingerprint density at radius 3 is 3.00 bits per heavy atom. The Hall–Kier alpha value is -1.40. The molecule has 0 radical (unpaired) electrons. The van der Waals surface area contributed by atoms with Gasteiger partial charge in [-0.25, -0.2) is 0 Å². The number of morpholine rings is 1. The first-order chi connectivity index (χ1) is 11.2. The Morgan fingerprint density at radius 1 is 1.39 bits per heavy atom. The van der Waals surface area contributed by atoms with Gasteiger partial charge in [0.15, 0.2) is 0 Å². The van der Waals surface area contributed by atoms with Gasteiger partial charge in [-0.15, -0.1) is 0 Å². The van der Waals surface area contributed by atoms with Crippen LogP contribution in [0.1, 0.15) is 45.6 Å². The second-order valence-corrected chi connectivity index (χ2v) is 6.74. The summed E-state index contributed by atoms with van der Waals surface area (Å²) in [5.41, 5.74) is 0. The van der Waals surface area contributed by atoms with Crippen LogP contribution in [0.5, 0.6) is 0 Å². The fraction of sp³-hybridized carbons (Fsp3) is 0.765. The lowest BCUT2D eigenvalue weighted by molar-refractivity contribution is -0.148. The number of hydrogen-bond donors (Lipinski definition) is 1. The molecule has 2 heterocycles. The maximum atomic E-state index is 12.7. The molecule has 4 atom stereocenters. The lowest BCUT2D eigenvalue weighted by atomic mass is 9.90. The highest BCUT2D eigenvalue weighted by Crippen LogP contribution is 2.28. The van der Waals surface area contributed by atoms with E-state index in [9.17, 15) is 4.79 Å². The van der Waals surface area contributed by atoms with E-state index in [1.807, 2.05) is 21.8 Å². The first-order valence-corrected chi connectivity index (χ1v) is 8.80. The molecule has 1 N–H and O–H groups in total. The van der Waals surface area contributed by atoms with Crippen LogP contribution in [-0.4, -0.2) is 58.5 Å². The zero-order valence-electron chi connectivity index (χ0n) is 14.1. The fourth-order valence-electron chi connectivity index (χ4n) is 3.68. The molecule has 1 saturated heterocycles. The summed E-state index contributed by atoms with van der Waals surface area (Å²) < 4.78 is 7.77. The van der Waals surface area contributed by atoms with Crippen molar-refractivity contribution >= 4 is 5.91 Å². The normalized spacial score (nSPS) is 27.3. The number of carbonyl (C=O) groups is 1. The van der Waals surface area contributed by atoms with E-state index in [1.165, 1.54) is 12.8 Å². The molecule has 0 unspecified atom stereocenters. The quantitative estimate of drug-likeness (QED) is 0.895. The average molecular weight is 320 g/mol. The zero-order valence-corrected chi connectivity index (χ0v) is 14.1. The van der Waals surface area contributed by atoms with E-state index in [1.54, 1.807) is 6.20 Å². The smallest absolute Gasteiger partial charge is 0.236 e. The second-order valence-electron chi connectivity index (χ2n) is 6.74. The number of carbonyl (C=O) groups excluding carboxylic acids is 1. The van der Waals surface area contributed by atoms with E-state index in [4.69, 9.17) is 4.74 Å². The van der Waals surface area contributed by atoms with Gasteiger partial charge in [0.1, 0.15) is 0 Å². The Labute approximate surface area is 138 Å². The van der Waals surface area contributed by atoms with Crippen LogP contribution < -0.4 is 5.32 Å². The zero-order chi connectivity index (χ0) is 16.2. The monoisotopic (exact) mass is 320 g/mol. The van der Waals surface area contributed by atoms with E-state index in [0.29, 0.717) is 13.2 Å². The molecule has 1 amide bonds. The van der Waals surface area contributed by atoms with Gasteiger partial charge in [-0.3, -0.25) is 9.48 Å². The molecule has 6 nitrogen and oxygen atoms in total. The standard InChI is InChI=1S/C17H28N4O2/c1-13(14(2)21-9-5-8-19-21)18-12-17(22)20-10-11-23-16-7-4-3-6-15(16)20/h5,8-9,13-16,18H,3-4,6-7,10-12H2,1-2H3/t13-,14-,15+,16+/m0/s1. The van der Waals surface area contributed by atoms with Gasteiger partial charge >= 0.3 is 0 Å². The molecule has 2 fully saturated rings. The summed E-state index contributed by atoms with van der Waals surface area (Å²) >= 11 is 0. The molecule has 0 bridgehead atoms. The van der Waals surface area contributed by atoms with Gasteiger partial charge in [0.25, 0.3) is 0 Å². The van der Waals surface area contributed by atoms with Crippen LogP contribution in [0.25, 0.3) is 0 Å². The Bertz CT molecular complexity index is 503. The summed E-state index contributed by atoms with van der Waals surface area (Å²) in [4.78, 5) is 14.7. The largest absolute Gasteiger partial charge is 0.374 e.